The summed E-state index contributed by atoms with van der Waals surface area (Å²) in [5, 5.41) is 3.18. The smallest absolute Gasteiger partial charge is 0.147 e. The van der Waals surface area contributed by atoms with E-state index in [1.807, 2.05) is 25.1 Å². The van der Waals surface area contributed by atoms with Gasteiger partial charge in [0, 0.05) is 24.1 Å². The number of ether oxygens (including phenoxy) is 1. The van der Waals surface area contributed by atoms with Crippen LogP contribution in [0.2, 0.25) is 0 Å². The summed E-state index contributed by atoms with van der Waals surface area (Å²) in [6.45, 7) is 3.14. The van der Waals surface area contributed by atoms with Gasteiger partial charge in [-0.1, -0.05) is 0 Å². The molecule has 4 nitrogen and oxygen atoms in total. The van der Waals surface area contributed by atoms with E-state index in [2.05, 4.69) is 5.32 Å². The molecule has 0 bridgehead atoms. The number of halogens is 1. The quantitative estimate of drug-likeness (QED) is 0.592. The van der Waals surface area contributed by atoms with Gasteiger partial charge in [-0.2, -0.15) is 0 Å². The van der Waals surface area contributed by atoms with Crippen molar-refractivity contribution in [2.75, 3.05) is 30.5 Å². The van der Waals surface area contributed by atoms with Gasteiger partial charge >= 0.3 is 0 Å². The van der Waals surface area contributed by atoms with Crippen LogP contribution in [0.3, 0.4) is 0 Å². The summed E-state index contributed by atoms with van der Waals surface area (Å²) in [4.78, 5) is 0. The third-order valence-corrected chi connectivity index (χ3v) is 3.84. The highest BCUT2D eigenvalue weighted by molar-refractivity contribution is 7.90. The average Bonchev–Trinajstić information content (AvgIpc) is 2.35. The van der Waals surface area contributed by atoms with Crippen LogP contribution in [0.1, 0.15) is 18.9 Å². The van der Waals surface area contributed by atoms with E-state index in [1.54, 1.807) is 0 Å². The van der Waals surface area contributed by atoms with Crippen molar-refractivity contribution in [1.82, 2.24) is 0 Å². The van der Waals surface area contributed by atoms with Gasteiger partial charge in [0.05, 0.1) is 18.2 Å². The summed E-state index contributed by atoms with van der Waals surface area (Å²) in [5.74, 6) is 1.37. The van der Waals surface area contributed by atoms with Crippen molar-refractivity contribution >= 4 is 27.1 Å². The van der Waals surface area contributed by atoms with Gasteiger partial charge in [-0.05, 0) is 31.5 Å². The minimum Gasteiger partial charge on any atom is -0.494 e. The Hall–Kier alpha value is -0.940. The second kappa shape index (κ2) is 7.60. The highest BCUT2D eigenvalue weighted by Crippen LogP contribution is 2.24. The van der Waals surface area contributed by atoms with Crippen molar-refractivity contribution in [3.8, 4) is 5.75 Å². The number of alkyl halides is 1. The number of rotatable bonds is 8. The molecule has 19 heavy (non-hydrogen) atoms. The number of sulfone groups is 1. The maximum Gasteiger partial charge on any atom is 0.147 e. The molecule has 0 aliphatic rings. The number of hydrogen-bond acceptors (Lipinski definition) is 4. The molecular weight excluding hydrogens is 286 g/mol. The Morgan fingerprint density at radius 1 is 1.37 bits per heavy atom. The maximum absolute atomic E-state index is 11.0. The SMILES string of the molecule is CCOc1ccc(NCCCS(C)(=O)=O)cc1CCl. The normalized spacial score (nSPS) is 11.3. The van der Waals surface area contributed by atoms with Crippen molar-refractivity contribution in [1.29, 1.82) is 0 Å². The van der Waals surface area contributed by atoms with E-state index >= 15 is 0 Å². The van der Waals surface area contributed by atoms with Gasteiger partial charge in [-0.3, -0.25) is 0 Å². The van der Waals surface area contributed by atoms with E-state index in [1.165, 1.54) is 6.26 Å². The Labute approximate surface area is 120 Å². The molecule has 0 aliphatic heterocycles. The molecule has 1 N–H and O–H groups in total. The first kappa shape index (κ1) is 16.1. The molecule has 0 saturated heterocycles. The number of nitrogens with one attached hydrogen (secondary N) is 1. The summed E-state index contributed by atoms with van der Waals surface area (Å²) in [7, 11) is -2.89. The zero-order valence-corrected chi connectivity index (χ0v) is 12.9. The molecule has 0 unspecified atom stereocenters. The van der Waals surface area contributed by atoms with Gasteiger partial charge in [0.15, 0.2) is 0 Å². The predicted molar refractivity (Wildman–Crippen MR) is 80.0 cm³/mol. The fraction of sp³-hybridized carbons (Fsp3) is 0.538. The summed E-state index contributed by atoms with van der Waals surface area (Å²) < 4.78 is 27.5. The van der Waals surface area contributed by atoms with Crippen LogP contribution in [0.5, 0.6) is 5.75 Å². The third kappa shape index (κ3) is 6.16. The first-order valence-corrected chi connectivity index (χ1v) is 8.79. The topological polar surface area (TPSA) is 55.4 Å². The number of anilines is 1. The lowest BCUT2D eigenvalue weighted by Gasteiger charge is -2.11. The van der Waals surface area contributed by atoms with E-state index in [-0.39, 0.29) is 5.75 Å². The Balaban J connectivity index is 2.55. The van der Waals surface area contributed by atoms with Crippen molar-refractivity contribution in [3.63, 3.8) is 0 Å². The molecule has 0 aromatic heterocycles. The lowest BCUT2D eigenvalue weighted by molar-refractivity contribution is 0.337. The van der Waals surface area contributed by atoms with Crippen molar-refractivity contribution in [2.45, 2.75) is 19.2 Å². The zero-order chi connectivity index (χ0) is 14.3. The fourth-order valence-electron chi connectivity index (χ4n) is 1.66. The van der Waals surface area contributed by atoms with E-state index in [4.69, 9.17) is 16.3 Å². The monoisotopic (exact) mass is 305 g/mol. The fourth-order valence-corrected chi connectivity index (χ4v) is 2.53. The first-order chi connectivity index (χ1) is 8.96. The number of benzene rings is 1. The molecule has 6 heteroatoms. The Bertz CT molecular complexity index is 503. The summed E-state index contributed by atoms with van der Waals surface area (Å²) in [5.41, 5.74) is 1.85. The molecule has 108 valence electrons. The highest BCUT2D eigenvalue weighted by atomic mass is 35.5. The molecule has 1 rings (SSSR count). The molecule has 0 heterocycles. The molecular formula is C13H20ClNO3S. The zero-order valence-electron chi connectivity index (χ0n) is 11.3. The molecule has 0 spiro atoms. The van der Waals surface area contributed by atoms with Crippen LogP contribution in [-0.4, -0.2) is 33.6 Å². The summed E-state index contributed by atoms with van der Waals surface area (Å²) >= 11 is 5.87. The van der Waals surface area contributed by atoms with Crippen LogP contribution in [0.25, 0.3) is 0 Å². The van der Waals surface area contributed by atoms with Gasteiger partial charge < -0.3 is 10.1 Å². The van der Waals surface area contributed by atoms with Crippen LogP contribution in [-0.2, 0) is 15.7 Å². The molecule has 0 amide bonds. The summed E-state index contributed by atoms with van der Waals surface area (Å²) in [6, 6.07) is 5.71. The van der Waals surface area contributed by atoms with Gasteiger partial charge in [0.25, 0.3) is 0 Å². The van der Waals surface area contributed by atoms with E-state index in [9.17, 15) is 8.42 Å². The van der Waals surface area contributed by atoms with Crippen LogP contribution >= 0.6 is 11.6 Å². The van der Waals surface area contributed by atoms with Crippen molar-refractivity contribution < 1.29 is 13.2 Å². The first-order valence-electron chi connectivity index (χ1n) is 6.19. The van der Waals surface area contributed by atoms with Gasteiger partial charge in [-0.25, -0.2) is 8.42 Å². The maximum atomic E-state index is 11.0. The lowest BCUT2D eigenvalue weighted by atomic mass is 10.2. The second-order valence-electron chi connectivity index (χ2n) is 4.30. The Morgan fingerprint density at radius 2 is 2.11 bits per heavy atom. The van der Waals surface area contributed by atoms with Crippen LogP contribution in [0, 0.1) is 0 Å². The predicted octanol–water partition coefficient (Wildman–Crippen LogP) is 2.67. The van der Waals surface area contributed by atoms with Crippen molar-refractivity contribution in [2.24, 2.45) is 0 Å². The molecule has 1 aromatic rings. The highest BCUT2D eigenvalue weighted by Gasteiger charge is 2.05. The molecule has 0 fully saturated rings. The van der Waals surface area contributed by atoms with E-state index in [0.29, 0.717) is 25.5 Å². The van der Waals surface area contributed by atoms with Crippen LogP contribution in [0.4, 0.5) is 5.69 Å². The lowest BCUT2D eigenvalue weighted by Crippen LogP contribution is -2.09. The molecule has 0 saturated carbocycles. The van der Waals surface area contributed by atoms with Gasteiger partial charge in [0.2, 0.25) is 0 Å². The molecule has 0 atom stereocenters. The molecule has 0 aliphatic carbocycles. The third-order valence-electron chi connectivity index (χ3n) is 2.53. The Kier molecular flexibility index (Phi) is 6.45. The van der Waals surface area contributed by atoms with Crippen LogP contribution < -0.4 is 10.1 Å². The molecule has 0 radical (unpaired) electrons. The second-order valence-corrected chi connectivity index (χ2v) is 6.83. The van der Waals surface area contributed by atoms with Gasteiger partial charge in [-0.15, -0.1) is 11.6 Å². The minimum absolute atomic E-state index is 0.194. The van der Waals surface area contributed by atoms with E-state index < -0.39 is 9.84 Å². The average molecular weight is 306 g/mol. The minimum atomic E-state index is -2.89. The van der Waals surface area contributed by atoms with E-state index in [0.717, 1.165) is 17.0 Å². The largest absolute Gasteiger partial charge is 0.494 e. The van der Waals surface area contributed by atoms with Crippen LogP contribution in [0.15, 0.2) is 18.2 Å². The number of hydrogen-bond donors (Lipinski definition) is 1. The Morgan fingerprint density at radius 3 is 2.68 bits per heavy atom. The van der Waals surface area contributed by atoms with Crippen molar-refractivity contribution in [3.05, 3.63) is 23.8 Å². The standard InChI is InChI=1S/C13H20ClNO3S/c1-3-18-13-6-5-12(9-11(13)10-14)15-7-4-8-19(2,16)17/h5-6,9,15H,3-4,7-8,10H2,1-2H3. The summed E-state index contributed by atoms with van der Waals surface area (Å²) in [6.07, 6.45) is 1.83. The molecule has 1 aromatic carbocycles. The van der Waals surface area contributed by atoms with Gasteiger partial charge in [0.1, 0.15) is 15.6 Å².